The van der Waals surface area contributed by atoms with Crippen molar-refractivity contribution in [3.05, 3.63) is 46.7 Å². The second-order valence-corrected chi connectivity index (χ2v) is 7.88. The molecule has 0 spiro atoms. The molecule has 2 aromatic carbocycles. The van der Waals surface area contributed by atoms with Crippen molar-refractivity contribution in [2.75, 3.05) is 54.6 Å². The SMILES string of the molecule is COc1ccc(C=C2Oc3c(ccc(O)c3CN3CCN(C)CC3)C2=O)c(OC)c1OC. The highest BCUT2D eigenvalue weighted by Gasteiger charge is 2.32. The number of carbonyl (C=O) groups is 1. The number of phenols is 1. The van der Waals surface area contributed by atoms with Gasteiger partial charge in [-0.1, -0.05) is 0 Å². The van der Waals surface area contributed by atoms with Crippen molar-refractivity contribution in [3.63, 3.8) is 0 Å². The minimum Gasteiger partial charge on any atom is -0.507 e. The van der Waals surface area contributed by atoms with E-state index in [1.165, 1.54) is 14.2 Å². The van der Waals surface area contributed by atoms with Crippen LogP contribution in [0.5, 0.6) is 28.7 Å². The molecule has 0 unspecified atom stereocenters. The first kappa shape index (κ1) is 22.0. The topological polar surface area (TPSA) is 80.7 Å². The quantitative estimate of drug-likeness (QED) is 0.687. The summed E-state index contributed by atoms with van der Waals surface area (Å²) in [5.41, 5.74) is 1.69. The Kier molecular flexibility index (Phi) is 6.25. The van der Waals surface area contributed by atoms with Crippen LogP contribution in [-0.4, -0.2) is 75.2 Å². The zero-order valence-corrected chi connectivity index (χ0v) is 18.8. The number of fused-ring (bicyclic) bond motifs is 1. The van der Waals surface area contributed by atoms with Crippen LogP contribution in [0, 0.1) is 0 Å². The van der Waals surface area contributed by atoms with Crippen molar-refractivity contribution >= 4 is 11.9 Å². The van der Waals surface area contributed by atoms with Gasteiger partial charge in [0.15, 0.2) is 17.3 Å². The van der Waals surface area contributed by atoms with Gasteiger partial charge in [0.1, 0.15) is 11.5 Å². The van der Waals surface area contributed by atoms with Crippen LogP contribution < -0.4 is 18.9 Å². The van der Waals surface area contributed by atoms with Gasteiger partial charge in [-0.25, -0.2) is 0 Å². The maximum atomic E-state index is 13.1. The molecule has 0 saturated carbocycles. The van der Waals surface area contributed by atoms with E-state index in [2.05, 4.69) is 16.8 Å². The molecule has 0 atom stereocenters. The average Bonchev–Trinajstić information content (AvgIpc) is 3.12. The highest BCUT2D eigenvalue weighted by molar-refractivity contribution is 6.15. The van der Waals surface area contributed by atoms with E-state index in [0.717, 1.165) is 26.2 Å². The van der Waals surface area contributed by atoms with Gasteiger partial charge in [0.25, 0.3) is 0 Å². The molecule has 1 saturated heterocycles. The fourth-order valence-corrected chi connectivity index (χ4v) is 4.06. The summed E-state index contributed by atoms with van der Waals surface area (Å²) in [4.78, 5) is 17.6. The van der Waals surface area contributed by atoms with Crippen LogP contribution in [0.4, 0.5) is 0 Å². The van der Waals surface area contributed by atoms with Crippen LogP contribution >= 0.6 is 0 Å². The number of ketones is 1. The summed E-state index contributed by atoms with van der Waals surface area (Å²) in [5, 5.41) is 10.5. The Balaban J connectivity index is 1.67. The molecule has 1 fully saturated rings. The molecule has 2 heterocycles. The zero-order chi connectivity index (χ0) is 22.8. The van der Waals surface area contributed by atoms with E-state index < -0.39 is 0 Å². The summed E-state index contributed by atoms with van der Waals surface area (Å²) in [6.07, 6.45) is 1.62. The second kappa shape index (κ2) is 9.10. The van der Waals surface area contributed by atoms with Crippen LogP contribution in [0.3, 0.4) is 0 Å². The van der Waals surface area contributed by atoms with Gasteiger partial charge >= 0.3 is 0 Å². The summed E-state index contributed by atoms with van der Waals surface area (Å²) in [5.74, 6) is 1.85. The summed E-state index contributed by atoms with van der Waals surface area (Å²) >= 11 is 0. The number of allylic oxidation sites excluding steroid dienone is 1. The predicted octanol–water partition coefficient (Wildman–Crippen LogP) is 2.78. The number of ether oxygens (including phenoxy) is 4. The van der Waals surface area contributed by atoms with E-state index in [0.29, 0.717) is 46.2 Å². The highest BCUT2D eigenvalue weighted by atomic mass is 16.5. The number of aromatic hydroxyl groups is 1. The van der Waals surface area contributed by atoms with Crippen LogP contribution in [-0.2, 0) is 6.54 Å². The lowest BCUT2D eigenvalue weighted by atomic mass is 10.0. The van der Waals surface area contributed by atoms with Gasteiger partial charge in [0, 0.05) is 38.3 Å². The van der Waals surface area contributed by atoms with Crippen LogP contribution in [0.15, 0.2) is 30.0 Å². The molecule has 32 heavy (non-hydrogen) atoms. The molecular formula is C24H28N2O6. The van der Waals surface area contributed by atoms with Crippen molar-refractivity contribution in [1.29, 1.82) is 0 Å². The van der Waals surface area contributed by atoms with Crippen molar-refractivity contribution in [3.8, 4) is 28.7 Å². The molecule has 1 N–H and O–H groups in total. The molecule has 4 rings (SSSR count). The van der Waals surface area contributed by atoms with Gasteiger partial charge < -0.3 is 29.0 Å². The predicted molar refractivity (Wildman–Crippen MR) is 120 cm³/mol. The molecule has 0 amide bonds. The monoisotopic (exact) mass is 440 g/mol. The number of hydrogen-bond acceptors (Lipinski definition) is 8. The molecule has 0 aliphatic carbocycles. The molecule has 2 aliphatic rings. The first-order valence-electron chi connectivity index (χ1n) is 10.5. The van der Waals surface area contributed by atoms with E-state index in [9.17, 15) is 9.90 Å². The molecule has 8 nitrogen and oxygen atoms in total. The standard InChI is InChI=1S/C24H28N2O6/c1-25-9-11-26(12-10-25)14-17-18(27)7-6-16-21(28)20(32-23(16)17)13-15-5-8-19(29-2)24(31-4)22(15)30-3/h5-8,13,27H,9-12,14H2,1-4H3. The minimum absolute atomic E-state index is 0.125. The molecule has 0 bridgehead atoms. The lowest BCUT2D eigenvalue weighted by molar-refractivity contribution is 0.101. The van der Waals surface area contributed by atoms with Gasteiger partial charge in [-0.2, -0.15) is 0 Å². The molecule has 170 valence electrons. The number of hydrogen-bond donors (Lipinski definition) is 1. The maximum absolute atomic E-state index is 13.1. The Morgan fingerprint density at radius 1 is 1.00 bits per heavy atom. The molecule has 8 heteroatoms. The van der Waals surface area contributed by atoms with Gasteiger partial charge in [0.05, 0.1) is 32.5 Å². The smallest absolute Gasteiger partial charge is 0.231 e. The second-order valence-electron chi connectivity index (χ2n) is 7.88. The molecule has 2 aromatic rings. The number of nitrogens with zero attached hydrogens (tertiary/aromatic N) is 2. The largest absolute Gasteiger partial charge is 0.507 e. The molecule has 2 aliphatic heterocycles. The van der Waals surface area contributed by atoms with Crippen LogP contribution in [0.2, 0.25) is 0 Å². The van der Waals surface area contributed by atoms with E-state index in [1.54, 1.807) is 37.5 Å². The first-order valence-corrected chi connectivity index (χ1v) is 10.5. The number of carbonyl (C=O) groups excluding carboxylic acids is 1. The van der Waals surface area contributed by atoms with Crippen molar-refractivity contribution in [2.24, 2.45) is 0 Å². The number of benzene rings is 2. The number of phenolic OH excluding ortho intramolecular Hbond substituents is 1. The Labute approximate surface area is 187 Å². The van der Waals surface area contributed by atoms with Crippen molar-refractivity contribution < 1.29 is 28.8 Å². The Bertz CT molecular complexity index is 1060. The third-order valence-electron chi connectivity index (χ3n) is 5.92. The van der Waals surface area contributed by atoms with E-state index in [-0.39, 0.29) is 17.3 Å². The van der Waals surface area contributed by atoms with Gasteiger partial charge in [-0.05, 0) is 37.4 Å². The average molecular weight is 440 g/mol. The number of rotatable bonds is 6. The zero-order valence-electron chi connectivity index (χ0n) is 18.8. The number of methoxy groups -OCH3 is 3. The first-order chi connectivity index (χ1) is 15.5. The Morgan fingerprint density at radius 2 is 1.72 bits per heavy atom. The summed E-state index contributed by atoms with van der Waals surface area (Å²) in [6.45, 7) is 4.21. The number of likely N-dealkylation sites (N-methyl/N-ethyl adjacent to an activating group) is 1. The van der Waals surface area contributed by atoms with Gasteiger partial charge in [-0.3, -0.25) is 9.69 Å². The maximum Gasteiger partial charge on any atom is 0.231 e. The van der Waals surface area contributed by atoms with Crippen molar-refractivity contribution in [2.45, 2.75) is 6.54 Å². The van der Waals surface area contributed by atoms with Crippen LogP contribution in [0.25, 0.3) is 6.08 Å². The van der Waals surface area contributed by atoms with Gasteiger partial charge in [0.2, 0.25) is 11.5 Å². The molecular weight excluding hydrogens is 412 g/mol. The fourth-order valence-electron chi connectivity index (χ4n) is 4.06. The number of Topliss-reactive ketones (excluding diaryl/α,β-unsaturated/α-hetero) is 1. The van der Waals surface area contributed by atoms with E-state index in [1.807, 2.05) is 0 Å². The lowest BCUT2D eigenvalue weighted by Crippen LogP contribution is -2.43. The fraction of sp³-hybridized carbons (Fsp3) is 0.375. The minimum atomic E-state index is -0.239. The normalized spacial score (nSPS) is 17.9. The van der Waals surface area contributed by atoms with Crippen molar-refractivity contribution in [1.82, 2.24) is 9.80 Å². The highest BCUT2D eigenvalue weighted by Crippen LogP contribution is 2.43. The third-order valence-corrected chi connectivity index (χ3v) is 5.92. The summed E-state index contributed by atoms with van der Waals surface area (Å²) in [6, 6.07) is 6.68. The Hall–Kier alpha value is -3.23. The lowest BCUT2D eigenvalue weighted by Gasteiger charge is -2.32. The third kappa shape index (κ3) is 3.99. The van der Waals surface area contributed by atoms with E-state index >= 15 is 0 Å². The summed E-state index contributed by atoms with van der Waals surface area (Å²) in [7, 11) is 6.69. The molecule has 0 aromatic heterocycles. The summed E-state index contributed by atoms with van der Waals surface area (Å²) < 4.78 is 22.3. The number of piperazine rings is 1. The van der Waals surface area contributed by atoms with E-state index in [4.69, 9.17) is 18.9 Å². The van der Waals surface area contributed by atoms with Crippen LogP contribution in [0.1, 0.15) is 21.5 Å². The van der Waals surface area contributed by atoms with Gasteiger partial charge in [-0.15, -0.1) is 0 Å². The Morgan fingerprint density at radius 3 is 2.38 bits per heavy atom. The molecule has 0 radical (unpaired) electrons.